The summed E-state index contributed by atoms with van der Waals surface area (Å²) in [6.07, 6.45) is 4.43. The van der Waals surface area contributed by atoms with Crippen LogP contribution in [0.5, 0.6) is 0 Å². The lowest BCUT2D eigenvalue weighted by molar-refractivity contribution is 0.455. The van der Waals surface area contributed by atoms with Crippen LogP contribution in [0.2, 0.25) is 0 Å². The third kappa shape index (κ3) is 1.90. The van der Waals surface area contributed by atoms with Gasteiger partial charge in [-0.05, 0) is 12.3 Å². The number of aromatic amines is 1. The molecule has 2 aromatic heterocycles. The fourth-order valence-corrected chi connectivity index (χ4v) is 2.82. The number of aromatic nitrogens is 4. The van der Waals surface area contributed by atoms with Gasteiger partial charge in [0.2, 0.25) is 0 Å². The molecular formula is C11H14BrN5. The molecule has 2 unspecified atom stereocenters. The van der Waals surface area contributed by atoms with Gasteiger partial charge in [-0.2, -0.15) is 0 Å². The molecule has 0 amide bonds. The summed E-state index contributed by atoms with van der Waals surface area (Å²) < 4.78 is 0. The van der Waals surface area contributed by atoms with Crippen molar-refractivity contribution in [3.8, 4) is 0 Å². The highest BCUT2D eigenvalue weighted by molar-refractivity contribution is 9.09. The van der Waals surface area contributed by atoms with Gasteiger partial charge in [0, 0.05) is 17.9 Å². The molecule has 1 aliphatic rings. The molecule has 3 heterocycles. The number of nitrogens with zero attached hydrogens (tertiary/aromatic N) is 4. The Bertz CT molecular complexity index is 525. The molecule has 0 radical (unpaired) electrons. The minimum absolute atomic E-state index is 0.518. The lowest BCUT2D eigenvalue weighted by Gasteiger charge is -2.34. The summed E-state index contributed by atoms with van der Waals surface area (Å²) in [4.78, 5) is 18.6. The van der Waals surface area contributed by atoms with Crippen LogP contribution >= 0.6 is 15.9 Å². The number of halogens is 1. The molecule has 0 spiro atoms. The van der Waals surface area contributed by atoms with E-state index in [0.29, 0.717) is 10.7 Å². The maximum absolute atomic E-state index is 4.38. The van der Waals surface area contributed by atoms with E-state index in [1.54, 1.807) is 12.7 Å². The molecule has 1 N–H and O–H groups in total. The third-order valence-electron chi connectivity index (χ3n) is 3.37. The predicted molar refractivity (Wildman–Crippen MR) is 70.4 cm³/mol. The molecule has 5 nitrogen and oxygen atoms in total. The standard InChI is InChI=1S/C11H14BrN5/c1-7-2-3-17(4-8(7)12)11-9-10(14-5-13-9)15-6-16-11/h5-8H,2-4H2,1H3,(H,13,14,15,16). The summed E-state index contributed by atoms with van der Waals surface area (Å²) in [5, 5.41) is 0. The number of piperidine rings is 1. The average Bonchev–Trinajstić information content (AvgIpc) is 2.80. The highest BCUT2D eigenvalue weighted by Gasteiger charge is 2.26. The Morgan fingerprint density at radius 3 is 3.12 bits per heavy atom. The van der Waals surface area contributed by atoms with Crippen LogP contribution in [0.15, 0.2) is 12.7 Å². The van der Waals surface area contributed by atoms with Crippen LogP contribution in [0.3, 0.4) is 0 Å². The molecule has 0 saturated carbocycles. The van der Waals surface area contributed by atoms with Gasteiger partial charge in [0.05, 0.1) is 6.33 Å². The van der Waals surface area contributed by atoms with E-state index < -0.39 is 0 Å². The van der Waals surface area contributed by atoms with Crippen molar-refractivity contribution in [2.45, 2.75) is 18.2 Å². The van der Waals surface area contributed by atoms with Gasteiger partial charge in [0.15, 0.2) is 11.5 Å². The molecular weight excluding hydrogens is 282 g/mol. The lowest BCUT2D eigenvalue weighted by atomic mass is 9.99. The topological polar surface area (TPSA) is 57.7 Å². The van der Waals surface area contributed by atoms with Gasteiger partial charge in [0.1, 0.15) is 11.8 Å². The normalized spacial score (nSPS) is 25.4. The quantitative estimate of drug-likeness (QED) is 0.817. The van der Waals surface area contributed by atoms with E-state index in [1.807, 2.05) is 0 Å². The molecule has 0 bridgehead atoms. The fourth-order valence-electron chi connectivity index (χ4n) is 2.21. The summed E-state index contributed by atoms with van der Waals surface area (Å²) in [6.45, 7) is 4.29. The largest absolute Gasteiger partial charge is 0.354 e. The third-order valence-corrected chi connectivity index (χ3v) is 4.56. The number of imidazole rings is 1. The first-order valence-corrected chi connectivity index (χ1v) is 6.70. The number of rotatable bonds is 1. The van der Waals surface area contributed by atoms with Crippen LogP contribution in [0.25, 0.3) is 11.2 Å². The minimum atomic E-state index is 0.518. The summed E-state index contributed by atoms with van der Waals surface area (Å²) in [5.41, 5.74) is 1.67. The van der Waals surface area contributed by atoms with Gasteiger partial charge in [0.25, 0.3) is 0 Å². The van der Waals surface area contributed by atoms with E-state index >= 15 is 0 Å². The van der Waals surface area contributed by atoms with Crippen molar-refractivity contribution in [3.05, 3.63) is 12.7 Å². The van der Waals surface area contributed by atoms with E-state index in [1.165, 1.54) is 6.42 Å². The number of anilines is 1. The van der Waals surface area contributed by atoms with E-state index in [2.05, 4.69) is 47.7 Å². The molecule has 1 fully saturated rings. The molecule has 90 valence electrons. The fraction of sp³-hybridized carbons (Fsp3) is 0.545. The van der Waals surface area contributed by atoms with Gasteiger partial charge in [-0.15, -0.1) is 0 Å². The Hall–Kier alpha value is -1.17. The summed E-state index contributed by atoms with van der Waals surface area (Å²) in [5.74, 6) is 1.68. The minimum Gasteiger partial charge on any atom is -0.354 e. The maximum atomic E-state index is 4.38. The van der Waals surface area contributed by atoms with Crippen molar-refractivity contribution in [3.63, 3.8) is 0 Å². The van der Waals surface area contributed by atoms with Crippen LogP contribution in [0.4, 0.5) is 5.82 Å². The van der Waals surface area contributed by atoms with E-state index in [4.69, 9.17) is 0 Å². The number of hydrogen-bond donors (Lipinski definition) is 1. The van der Waals surface area contributed by atoms with Gasteiger partial charge in [-0.3, -0.25) is 0 Å². The summed E-state index contributed by atoms with van der Waals surface area (Å²) >= 11 is 3.74. The highest BCUT2D eigenvalue weighted by Crippen LogP contribution is 2.28. The van der Waals surface area contributed by atoms with Crippen molar-refractivity contribution < 1.29 is 0 Å². The van der Waals surface area contributed by atoms with Crippen LogP contribution in [-0.2, 0) is 0 Å². The van der Waals surface area contributed by atoms with Crippen LogP contribution in [-0.4, -0.2) is 37.9 Å². The number of alkyl halides is 1. The first-order valence-electron chi connectivity index (χ1n) is 5.79. The molecule has 2 aromatic rings. The summed E-state index contributed by atoms with van der Waals surface area (Å²) in [7, 11) is 0. The van der Waals surface area contributed by atoms with E-state index in [0.717, 1.165) is 30.1 Å². The molecule has 0 aromatic carbocycles. The molecule has 3 rings (SSSR count). The molecule has 2 atom stereocenters. The highest BCUT2D eigenvalue weighted by atomic mass is 79.9. The second-order valence-corrected chi connectivity index (χ2v) is 5.70. The van der Waals surface area contributed by atoms with Crippen LogP contribution < -0.4 is 4.90 Å². The number of nitrogens with one attached hydrogen (secondary N) is 1. The van der Waals surface area contributed by atoms with Crippen LogP contribution in [0, 0.1) is 5.92 Å². The Kier molecular flexibility index (Phi) is 2.74. The van der Waals surface area contributed by atoms with Crippen molar-refractivity contribution in [1.29, 1.82) is 0 Å². The number of hydrogen-bond acceptors (Lipinski definition) is 4. The number of fused-ring (bicyclic) bond motifs is 1. The Balaban J connectivity index is 1.96. The Morgan fingerprint density at radius 1 is 1.41 bits per heavy atom. The van der Waals surface area contributed by atoms with Crippen molar-refractivity contribution in [2.24, 2.45) is 5.92 Å². The first kappa shape index (κ1) is 11.0. The van der Waals surface area contributed by atoms with Gasteiger partial charge in [-0.25, -0.2) is 15.0 Å². The maximum Gasteiger partial charge on any atom is 0.182 e. The SMILES string of the molecule is CC1CCN(c2ncnc3nc[nH]c23)CC1Br. The molecule has 6 heteroatoms. The van der Waals surface area contributed by atoms with E-state index in [9.17, 15) is 0 Å². The second-order valence-electron chi connectivity index (χ2n) is 4.53. The molecule has 17 heavy (non-hydrogen) atoms. The van der Waals surface area contributed by atoms with Crippen molar-refractivity contribution >= 4 is 32.9 Å². The average molecular weight is 296 g/mol. The van der Waals surface area contributed by atoms with Gasteiger partial charge >= 0.3 is 0 Å². The zero-order valence-corrected chi connectivity index (χ0v) is 11.2. The van der Waals surface area contributed by atoms with Crippen molar-refractivity contribution in [2.75, 3.05) is 18.0 Å². The number of H-pyrrole nitrogens is 1. The second kappa shape index (κ2) is 4.25. The zero-order chi connectivity index (χ0) is 11.8. The zero-order valence-electron chi connectivity index (χ0n) is 9.60. The molecule has 1 saturated heterocycles. The Labute approximate surface area is 108 Å². The molecule has 1 aliphatic heterocycles. The lowest BCUT2D eigenvalue weighted by Crippen LogP contribution is -2.40. The monoisotopic (exact) mass is 295 g/mol. The summed E-state index contributed by atoms with van der Waals surface area (Å²) in [6, 6.07) is 0. The first-order chi connectivity index (χ1) is 8.25. The Morgan fingerprint density at radius 2 is 2.29 bits per heavy atom. The predicted octanol–water partition coefficient (Wildman–Crippen LogP) is 1.96. The van der Waals surface area contributed by atoms with Gasteiger partial charge < -0.3 is 9.88 Å². The smallest absolute Gasteiger partial charge is 0.182 e. The van der Waals surface area contributed by atoms with Crippen LogP contribution in [0.1, 0.15) is 13.3 Å². The van der Waals surface area contributed by atoms with E-state index in [-0.39, 0.29) is 0 Å². The van der Waals surface area contributed by atoms with Gasteiger partial charge in [-0.1, -0.05) is 22.9 Å². The molecule has 0 aliphatic carbocycles. The van der Waals surface area contributed by atoms with Crippen molar-refractivity contribution in [1.82, 2.24) is 19.9 Å².